The van der Waals surface area contributed by atoms with Crippen molar-refractivity contribution >= 4 is 5.91 Å². The lowest BCUT2D eigenvalue weighted by atomic mass is 9.79. The van der Waals surface area contributed by atoms with Crippen LogP contribution in [0.5, 0.6) is 0 Å². The summed E-state index contributed by atoms with van der Waals surface area (Å²) < 4.78 is 20.9. The molecule has 0 saturated heterocycles. The van der Waals surface area contributed by atoms with Crippen LogP contribution in [0.15, 0.2) is 18.2 Å². The lowest BCUT2D eigenvalue weighted by Crippen LogP contribution is -2.44. The number of methoxy groups -OCH3 is 1. The van der Waals surface area contributed by atoms with Gasteiger partial charge in [-0.05, 0) is 37.5 Å². The van der Waals surface area contributed by atoms with E-state index in [4.69, 9.17) is 4.74 Å². The third-order valence-corrected chi connectivity index (χ3v) is 4.72. The van der Waals surface area contributed by atoms with Gasteiger partial charge in [-0.1, -0.05) is 6.07 Å². The third kappa shape index (κ3) is 3.76. The van der Waals surface area contributed by atoms with Gasteiger partial charge >= 0.3 is 0 Å². The fourth-order valence-corrected chi connectivity index (χ4v) is 3.21. The molecule has 7 nitrogen and oxygen atoms in total. The number of hydrogen-bond donors (Lipinski definition) is 2. The van der Waals surface area contributed by atoms with Gasteiger partial charge in [-0.2, -0.15) is 0 Å². The number of hydrogen-bond acceptors (Lipinski definition) is 5. The molecule has 1 fully saturated rings. The molecule has 0 atom stereocenters. The van der Waals surface area contributed by atoms with Crippen LogP contribution in [0.1, 0.15) is 46.3 Å². The van der Waals surface area contributed by atoms with Gasteiger partial charge in [-0.25, -0.2) is 4.39 Å². The van der Waals surface area contributed by atoms with Crippen molar-refractivity contribution < 1.29 is 19.0 Å². The Morgan fingerprint density at radius 3 is 2.85 bits per heavy atom. The second-order valence-corrected chi connectivity index (χ2v) is 6.60. The molecule has 0 spiro atoms. The summed E-state index contributed by atoms with van der Waals surface area (Å²) in [7, 11) is 1.61. The van der Waals surface area contributed by atoms with Crippen molar-refractivity contribution in [2.75, 3.05) is 13.7 Å². The summed E-state index contributed by atoms with van der Waals surface area (Å²) in [4.78, 5) is 12.2. The Morgan fingerprint density at radius 1 is 1.42 bits per heavy atom. The van der Waals surface area contributed by atoms with Crippen molar-refractivity contribution in [2.45, 2.75) is 44.9 Å². The summed E-state index contributed by atoms with van der Waals surface area (Å²) in [5.74, 6) is 0.533. The Hall–Kier alpha value is -2.32. The molecule has 1 heterocycles. The normalized spacial score (nSPS) is 19.2. The summed E-state index contributed by atoms with van der Waals surface area (Å²) in [5.41, 5.74) is 0.836. The number of ether oxygens (including phenoxy) is 1. The zero-order valence-corrected chi connectivity index (χ0v) is 14.9. The number of carbonyl (C=O) groups excluding carboxylic acids is 1. The summed E-state index contributed by atoms with van der Waals surface area (Å²) >= 11 is 0. The number of aliphatic hydroxyl groups excluding tert-OH is 1. The Balaban J connectivity index is 1.60. The molecular weight excluding hydrogens is 339 g/mol. The predicted octanol–water partition coefficient (Wildman–Crippen LogP) is 1.54. The molecule has 1 aromatic heterocycles. The highest BCUT2D eigenvalue weighted by atomic mass is 19.1. The van der Waals surface area contributed by atoms with E-state index < -0.39 is 11.7 Å². The van der Waals surface area contributed by atoms with Crippen molar-refractivity contribution in [3.8, 4) is 0 Å². The molecule has 26 heavy (non-hydrogen) atoms. The first kappa shape index (κ1) is 18.5. The average molecular weight is 362 g/mol. The second kappa shape index (κ2) is 7.92. The first-order chi connectivity index (χ1) is 12.5. The summed E-state index contributed by atoms with van der Waals surface area (Å²) in [6.45, 7) is 2.66. The molecule has 1 amide bonds. The van der Waals surface area contributed by atoms with Gasteiger partial charge in [-0.15, -0.1) is 10.2 Å². The van der Waals surface area contributed by atoms with Crippen LogP contribution < -0.4 is 5.32 Å². The smallest absolute Gasteiger partial charge is 0.254 e. The van der Waals surface area contributed by atoms with E-state index >= 15 is 0 Å². The zero-order chi connectivity index (χ0) is 18.7. The van der Waals surface area contributed by atoms with E-state index in [-0.39, 0.29) is 24.1 Å². The van der Waals surface area contributed by atoms with Crippen LogP contribution in [-0.2, 0) is 17.9 Å². The van der Waals surface area contributed by atoms with Crippen LogP contribution in [0.3, 0.4) is 0 Å². The molecule has 3 rings (SSSR count). The Morgan fingerprint density at radius 2 is 2.19 bits per heavy atom. The number of rotatable bonds is 7. The van der Waals surface area contributed by atoms with Gasteiger partial charge in [0.15, 0.2) is 5.82 Å². The molecule has 1 saturated carbocycles. The number of benzene rings is 1. The van der Waals surface area contributed by atoms with Crippen LogP contribution in [0.2, 0.25) is 0 Å². The van der Waals surface area contributed by atoms with Crippen LogP contribution in [0.4, 0.5) is 4.39 Å². The van der Waals surface area contributed by atoms with Crippen molar-refractivity contribution in [1.29, 1.82) is 0 Å². The Labute approximate surface area is 151 Å². The molecule has 8 heteroatoms. The zero-order valence-electron chi connectivity index (χ0n) is 14.9. The SMILES string of the molecule is COCCn1c(CO)nnc1C1CC(NC(=O)c2ccc(C)cc2F)C1. The van der Waals surface area contributed by atoms with E-state index in [2.05, 4.69) is 15.5 Å². The van der Waals surface area contributed by atoms with E-state index in [1.807, 2.05) is 4.57 Å². The van der Waals surface area contributed by atoms with Gasteiger partial charge in [0.1, 0.15) is 18.2 Å². The maximum absolute atomic E-state index is 13.9. The highest BCUT2D eigenvalue weighted by Crippen LogP contribution is 2.36. The molecular formula is C18H23FN4O3. The number of halogens is 1. The van der Waals surface area contributed by atoms with Gasteiger partial charge in [0.2, 0.25) is 0 Å². The Bertz CT molecular complexity index is 787. The van der Waals surface area contributed by atoms with Crippen molar-refractivity contribution in [3.63, 3.8) is 0 Å². The fraction of sp³-hybridized carbons (Fsp3) is 0.500. The van der Waals surface area contributed by atoms with E-state index in [1.54, 1.807) is 20.1 Å². The van der Waals surface area contributed by atoms with E-state index in [9.17, 15) is 14.3 Å². The number of aromatic nitrogens is 3. The van der Waals surface area contributed by atoms with Gasteiger partial charge in [0.25, 0.3) is 5.91 Å². The molecule has 0 bridgehead atoms. The van der Waals surface area contributed by atoms with Gasteiger partial charge in [0.05, 0.1) is 12.2 Å². The molecule has 140 valence electrons. The first-order valence-electron chi connectivity index (χ1n) is 8.62. The minimum atomic E-state index is -0.509. The highest BCUT2D eigenvalue weighted by Gasteiger charge is 2.35. The van der Waals surface area contributed by atoms with Gasteiger partial charge in [-0.3, -0.25) is 4.79 Å². The minimum absolute atomic E-state index is 0.0293. The van der Waals surface area contributed by atoms with Crippen LogP contribution in [0, 0.1) is 12.7 Å². The molecule has 1 aliphatic carbocycles. The first-order valence-corrected chi connectivity index (χ1v) is 8.62. The number of aliphatic hydroxyl groups is 1. The summed E-state index contributed by atoms with van der Waals surface area (Å²) in [6, 6.07) is 4.55. The van der Waals surface area contributed by atoms with Crippen LogP contribution in [0.25, 0.3) is 0 Å². The van der Waals surface area contributed by atoms with E-state index in [0.29, 0.717) is 31.8 Å². The molecule has 1 aromatic carbocycles. The van der Waals surface area contributed by atoms with Crippen LogP contribution in [-0.4, -0.2) is 45.5 Å². The molecule has 1 aliphatic rings. The van der Waals surface area contributed by atoms with Crippen molar-refractivity contribution in [3.05, 3.63) is 46.8 Å². The van der Waals surface area contributed by atoms with Crippen molar-refractivity contribution in [2.24, 2.45) is 0 Å². The standard InChI is InChI=1S/C18H23FN4O3/c1-11-3-4-14(15(19)7-11)18(25)20-13-8-12(9-13)17-22-21-16(10-24)23(17)5-6-26-2/h3-4,7,12-13,24H,5-6,8-10H2,1-2H3,(H,20,25). The maximum atomic E-state index is 13.9. The number of aryl methyl sites for hydroxylation is 1. The topological polar surface area (TPSA) is 89.3 Å². The number of amides is 1. The lowest BCUT2D eigenvalue weighted by molar-refractivity contribution is 0.0902. The fourth-order valence-electron chi connectivity index (χ4n) is 3.21. The minimum Gasteiger partial charge on any atom is -0.388 e. The number of carbonyl (C=O) groups is 1. The molecule has 0 unspecified atom stereocenters. The summed E-state index contributed by atoms with van der Waals surface area (Å²) in [6.07, 6.45) is 1.41. The highest BCUT2D eigenvalue weighted by molar-refractivity contribution is 5.94. The van der Waals surface area contributed by atoms with Gasteiger partial charge in [0, 0.05) is 25.6 Å². The molecule has 2 aromatic rings. The second-order valence-electron chi connectivity index (χ2n) is 6.60. The van der Waals surface area contributed by atoms with E-state index in [1.165, 1.54) is 12.1 Å². The average Bonchev–Trinajstić information content (AvgIpc) is 2.97. The van der Waals surface area contributed by atoms with Gasteiger partial charge < -0.3 is 19.7 Å². The Kier molecular flexibility index (Phi) is 5.63. The lowest BCUT2D eigenvalue weighted by Gasteiger charge is -2.35. The van der Waals surface area contributed by atoms with Crippen molar-refractivity contribution in [1.82, 2.24) is 20.1 Å². The largest absolute Gasteiger partial charge is 0.388 e. The maximum Gasteiger partial charge on any atom is 0.254 e. The molecule has 0 radical (unpaired) electrons. The third-order valence-electron chi connectivity index (χ3n) is 4.72. The molecule has 0 aliphatic heterocycles. The number of nitrogens with one attached hydrogen (secondary N) is 1. The summed E-state index contributed by atoms with van der Waals surface area (Å²) in [5, 5.41) is 20.5. The molecule has 2 N–H and O–H groups in total. The predicted molar refractivity (Wildman–Crippen MR) is 92.2 cm³/mol. The van der Waals surface area contributed by atoms with Crippen LogP contribution >= 0.6 is 0 Å². The van der Waals surface area contributed by atoms with E-state index in [0.717, 1.165) is 11.4 Å². The number of nitrogens with zero attached hydrogens (tertiary/aromatic N) is 3. The monoisotopic (exact) mass is 362 g/mol. The quantitative estimate of drug-likeness (QED) is 0.780.